The van der Waals surface area contributed by atoms with E-state index in [4.69, 9.17) is 10.8 Å². The summed E-state index contributed by atoms with van der Waals surface area (Å²) in [6.45, 7) is 4.02. The van der Waals surface area contributed by atoms with Gasteiger partial charge in [-0.3, -0.25) is 19.8 Å². The van der Waals surface area contributed by atoms with Gasteiger partial charge in [0.05, 0.1) is 11.4 Å². The number of hydrogen-bond donors (Lipinski definition) is 2. The summed E-state index contributed by atoms with van der Waals surface area (Å²) < 4.78 is 1.87. The molecule has 12 heteroatoms. The molecule has 1 saturated heterocycles. The van der Waals surface area contributed by atoms with Crippen LogP contribution in [0.15, 0.2) is 48.9 Å². The highest BCUT2D eigenvalue weighted by molar-refractivity contribution is 7.15. The maximum Gasteiger partial charge on any atom is 0.257 e. The number of likely N-dealkylation sites (tertiary alicyclic amines) is 1. The molecule has 41 heavy (non-hydrogen) atoms. The zero-order valence-electron chi connectivity index (χ0n) is 23.2. The number of anilines is 2. The van der Waals surface area contributed by atoms with Crippen LogP contribution < -0.4 is 11.1 Å². The van der Waals surface area contributed by atoms with Crippen molar-refractivity contribution >= 4 is 45.1 Å². The van der Waals surface area contributed by atoms with Crippen molar-refractivity contribution < 1.29 is 9.59 Å². The van der Waals surface area contributed by atoms with Crippen LogP contribution in [0, 0.1) is 0 Å². The summed E-state index contributed by atoms with van der Waals surface area (Å²) >= 11 is 1.47. The third-order valence-corrected chi connectivity index (χ3v) is 8.76. The van der Waals surface area contributed by atoms with E-state index in [0.717, 1.165) is 29.8 Å². The molecule has 2 amide bonds. The van der Waals surface area contributed by atoms with E-state index in [-0.39, 0.29) is 17.9 Å². The highest BCUT2D eigenvalue weighted by Gasteiger charge is 2.30. The van der Waals surface area contributed by atoms with Gasteiger partial charge in [-0.05, 0) is 44.9 Å². The van der Waals surface area contributed by atoms with Crippen molar-refractivity contribution in [1.82, 2.24) is 34.5 Å². The van der Waals surface area contributed by atoms with Gasteiger partial charge >= 0.3 is 0 Å². The van der Waals surface area contributed by atoms with E-state index < -0.39 is 0 Å². The minimum absolute atomic E-state index is 0.0139. The number of nitrogens with two attached hydrogens (primary N) is 1. The first kappa shape index (κ1) is 27.0. The van der Waals surface area contributed by atoms with Crippen molar-refractivity contribution in [3.63, 3.8) is 0 Å². The highest BCUT2D eigenvalue weighted by atomic mass is 32.1. The number of carbonyl (C=O) groups is 2. The molecule has 0 bridgehead atoms. The molecular formula is C29H33N9O2S. The van der Waals surface area contributed by atoms with Crippen LogP contribution in [-0.2, 0) is 11.2 Å². The van der Waals surface area contributed by atoms with Gasteiger partial charge in [-0.2, -0.15) is 5.10 Å². The van der Waals surface area contributed by atoms with E-state index in [0.29, 0.717) is 52.4 Å². The lowest BCUT2D eigenvalue weighted by Gasteiger charge is -2.16. The number of benzene rings is 1. The number of nitrogens with one attached hydrogen (secondary N) is 1. The molecule has 3 N–H and O–H groups in total. The molecule has 6 rings (SSSR count). The predicted molar refractivity (Wildman–Crippen MR) is 160 cm³/mol. The Morgan fingerprint density at radius 3 is 2.71 bits per heavy atom. The Kier molecular flexibility index (Phi) is 7.50. The summed E-state index contributed by atoms with van der Waals surface area (Å²) in [5, 5.41) is 9.02. The number of hydrogen-bond acceptors (Lipinski definition) is 9. The molecule has 4 heterocycles. The lowest BCUT2D eigenvalue weighted by Crippen LogP contribution is -2.28. The summed E-state index contributed by atoms with van der Waals surface area (Å²) in [4.78, 5) is 43.9. The molecule has 11 nitrogen and oxygen atoms in total. The van der Waals surface area contributed by atoms with E-state index in [1.165, 1.54) is 30.5 Å². The van der Waals surface area contributed by atoms with Crippen molar-refractivity contribution in [2.24, 2.45) is 0 Å². The number of fused-ring (bicyclic) bond motifs is 1. The van der Waals surface area contributed by atoms with Gasteiger partial charge in [0, 0.05) is 54.0 Å². The lowest BCUT2D eigenvalue weighted by atomic mass is 10.1. The van der Waals surface area contributed by atoms with Crippen LogP contribution in [0.4, 0.5) is 10.9 Å². The topological polar surface area (TPSA) is 135 Å². The van der Waals surface area contributed by atoms with E-state index in [1.807, 2.05) is 27.8 Å². The van der Waals surface area contributed by atoms with Crippen LogP contribution in [0.25, 0.3) is 22.3 Å². The average Bonchev–Trinajstić information content (AvgIpc) is 3.36. The van der Waals surface area contributed by atoms with Gasteiger partial charge in [-0.25, -0.2) is 19.6 Å². The fraction of sp³-hybridized carbons (Fsp3) is 0.379. The van der Waals surface area contributed by atoms with E-state index >= 15 is 0 Å². The fourth-order valence-corrected chi connectivity index (χ4v) is 5.91. The van der Waals surface area contributed by atoms with E-state index in [9.17, 15) is 9.59 Å². The van der Waals surface area contributed by atoms with Crippen LogP contribution in [0.1, 0.15) is 47.5 Å². The lowest BCUT2D eigenvalue weighted by molar-refractivity contribution is -0.125. The Labute approximate surface area is 242 Å². The first-order valence-corrected chi connectivity index (χ1v) is 14.7. The van der Waals surface area contributed by atoms with Gasteiger partial charge in [-0.15, -0.1) is 11.3 Å². The zero-order chi connectivity index (χ0) is 28.5. The van der Waals surface area contributed by atoms with Crippen molar-refractivity contribution in [2.45, 2.75) is 44.7 Å². The normalized spacial score (nSPS) is 17.2. The van der Waals surface area contributed by atoms with Crippen LogP contribution in [0.2, 0.25) is 0 Å². The standard InChI is InChI=1S/C29H33N9O2S/c1-3-22-15-31-29(41-22)34-28(40)19-8-6-18(7-9-19)25-24-26(30)32-17-33-27(24)38(35-25)21-12-14-37(16-21)23(39)5-4-13-36(2)20-10-11-20/h4-9,15,17,20-21H,3,10-14,16H2,1-2H3,(H2,30,32,33)(H,31,34,40). The SMILES string of the molecule is CCc1cnc(NC(=O)c2ccc(-c3nn(C4CCN(C(=O)C=CCN(C)C5CC5)C4)c4ncnc(N)c34)cc2)s1. The van der Waals surface area contributed by atoms with E-state index in [1.54, 1.807) is 24.4 Å². The van der Waals surface area contributed by atoms with E-state index in [2.05, 4.69) is 39.1 Å². The van der Waals surface area contributed by atoms with Crippen LogP contribution in [0.3, 0.4) is 0 Å². The van der Waals surface area contributed by atoms with Crippen molar-refractivity contribution in [1.29, 1.82) is 0 Å². The first-order valence-electron chi connectivity index (χ1n) is 13.9. The number of thiazole rings is 1. The number of likely N-dealkylation sites (N-methyl/N-ethyl adjacent to an activating group) is 1. The molecule has 3 aromatic heterocycles. The van der Waals surface area contributed by atoms with Gasteiger partial charge in [0.25, 0.3) is 5.91 Å². The Morgan fingerprint density at radius 2 is 1.98 bits per heavy atom. The van der Waals surface area contributed by atoms with Gasteiger partial charge in [0.2, 0.25) is 5.91 Å². The zero-order valence-corrected chi connectivity index (χ0v) is 24.0. The maximum atomic E-state index is 12.9. The van der Waals surface area contributed by atoms with Gasteiger partial charge in [0.15, 0.2) is 10.8 Å². The molecule has 1 aromatic carbocycles. The minimum Gasteiger partial charge on any atom is -0.383 e. The molecule has 2 fully saturated rings. The molecule has 1 unspecified atom stereocenters. The summed E-state index contributed by atoms with van der Waals surface area (Å²) in [5.41, 5.74) is 8.89. The smallest absolute Gasteiger partial charge is 0.257 e. The average molecular weight is 572 g/mol. The molecule has 212 valence electrons. The number of rotatable bonds is 9. The number of nitrogens with zero attached hydrogens (tertiary/aromatic N) is 7. The molecule has 0 radical (unpaired) electrons. The summed E-state index contributed by atoms with van der Waals surface area (Å²) in [7, 11) is 2.10. The van der Waals surface area contributed by atoms with Crippen LogP contribution in [-0.4, -0.2) is 79.1 Å². The predicted octanol–water partition coefficient (Wildman–Crippen LogP) is 3.77. The van der Waals surface area contributed by atoms with Gasteiger partial charge < -0.3 is 10.6 Å². The second-order valence-electron chi connectivity index (χ2n) is 10.6. The fourth-order valence-electron chi connectivity index (χ4n) is 5.16. The van der Waals surface area contributed by atoms with Crippen LogP contribution >= 0.6 is 11.3 Å². The van der Waals surface area contributed by atoms with Crippen molar-refractivity contribution in [2.75, 3.05) is 37.7 Å². The Balaban J connectivity index is 1.19. The Hall–Kier alpha value is -4.16. The molecule has 1 aliphatic heterocycles. The third-order valence-electron chi connectivity index (χ3n) is 7.71. The molecule has 2 aliphatic rings. The highest BCUT2D eigenvalue weighted by Crippen LogP contribution is 2.34. The Morgan fingerprint density at radius 1 is 1.17 bits per heavy atom. The quantitative estimate of drug-likeness (QED) is 0.290. The second kappa shape index (κ2) is 11.4. The summed E-state index contributed by atoms with van der Waals surface area (Å²) in [5.74, 6) is 0.123. The maximum absolute atomic E-state index is 12.9. The minimum atomic E-state index is -0.226. The number of aromatic nitrogens is 5. The van der Waals surface area contributed by atoms with Crippen molar-refractivity contribution in [3.05, 3.63) is 59.4 Å². The molecule has 4 aromatic rings. The first-order chi connectivity index (χ1) is 19.9. The summed E-state index contributed by atoms with van der Waals surface area (Å²) in [6.07, 6.45) is 11.0. The number of carbonyl (C=O) groups excluding carboxylic acids is 2. The van der Waals surface area contributed by atoms with Gasteiger partial charge in [0.1, 0.15) is 17.8 Å². The van der Waals surface area contributed by atoms with Crippen molar-refractivity contribution in [3.8, 4) is 11.3 Å². The van der Waals surface area contributed by atoms with Gasteiger partial charge in [-0.1, -0.05) is 25.1 Å². The molecule has 1 aliphatic carbocycles. The molecule has 1 saturated carbocycles. The molecule has 1 atom stereocenters. The van der Waals surface area contributed by atoms with Crippen LogP contribution in [0.5, 0.6) is 0 Å². The number of nitrogen functional groups attached to an aromatic ring is 1. The molecular weight excluding hydrogens is 538 g/mol. The Bertz CT molecular complexity index is 1610. The largest absolute Gasteiger partial charge is 0.383 e. The monoisotopic (exact) mass is 571 g/mol. The molecule has 0 spiro atoms. The number of amides is 2. The second-order valence-corrected chi connectivity index (χ2v) is 11.7. The third kappa shape index (κ3) is 5.70. The number of aryl methyl sites for hydroxylation is 1. The summed E-state index contributed by atoms with van der Waals surface area (Å²) in [6, 6.07) is 7.83.